The van der Waals surface area contributed by atoms with Crippen molar-refractivity contribution in [2.45, 2.75) is 43.6 Å². The van der Waals surface area contributed by atoms with Gasteiger partial charge in [-0.1, -0.05) is 6.08 Å². The maximum Gasteiger partial charge on any atom is 0.253 e. The predicted octanol–water partition coefficient (Wildman–Crippen LogP) is -1.37. The molecular formula is C18H22N4O5. The Kier molecular flexibility index (Phi) is 5.82. The maximum atomic E-state index is 12.5. The Labute approximate surface area is 155 Å². The van der Waals surface area contributed by atoms with E-state index < -0.39 is 36.1 Å². The zero-order valence-corrected chi connectivity index (χ0v) is 14.6. The van der Waals surface area contributed by atoms with Crippen LogP contribution in [0.3, 0.4) is 0 Å². The van der Waals surface area contributed by atoms with Crippen LogP contribution in [-0.4, -0.2) is 63.8 Å². The zero-order valence-electron chi connectivity index (χ0n) is 14.6. The molecule has 9 heteroatoms. The lowest BCUT2D eigenvalue weighted by molar-refractivity contribution is -0.129. The highest BCUT2D eigenvalue weighted by atomic mass is 16.3. The lowest BCUT2D eigenvalue weighted by Gasteiger charge is -2.31. The second kappa shape index (κ2) is 8.28. The Bertz CT molecular complexity index is 751. The Morgan fingerprint density at radius 3 is 2.74 bits per heavy atom. The Morgan fingerprint density at radius 2 is 2.04 bits per heavy atom. The minimum Gasteiger partial charge on any atom is -0.390 e. The van der Waals surface area contributed by atoms with Crippen LogP contribution >= 0.6 is 0 Å². The summed E-state index contributed by atoms with van der Waals surface area (Å²) in [7, 11) is 0. The first kappa shape index (κ1) is 19.0. The summed E-state index contributed by atoms with van der Waals surface area (Å²) < 4.78 is 0. The molecule has 0 spiro atoms. The minimum atomic E-state index is -1.25. The molecule has 0 aromatic carbocycles. The van der Waals surface area contributed by atoms with E-state index >= 15 is 0 Å². The third kappa shape index (κ3) is 4.50. The molecule has 9 nitrogen and oxygen atoms in total. The highest BCUT2D eigenvalue weighted by Crippen LogP contribution is 2.21. The first-order chi connectivity index (χ1) is 13.0. The summed E-state index contributed by atoms with van der Waals surface area (Å²) in [5.74, 6) is -1.22. The number of hydrogen-bond donors (Lipinski definition) is 5. The number of carbonyl (C=O) groups is 3. The Balaban J connectivity index is 1.71. The van der Waals surface area contributed by atoms with E-state index in [2.05, 4.69) is 20.9 Å². The molecule has 1 fully saturated rings. The fourth-order valence-corrected chi connectivity index (χ4v) is 3.16. The number of nitrogens with one attached hydrogen (secondary N) is 3. The SMILES string of the molecule is O=C(N[C@@H]1CCCNC1=O)C1=C[C@H](NC(=O)c2cccnc2)[C@@H](O)[C@H](O)C1. The quantitative estimate of drug-likeness (QED) is 0.440. The van der Waals surface area contributed by atoms with Crippen LogP contribution in [0, 0.1) is 0 Å². The van der Waals surface area contributed by atoms with Gasteiger partial charge in [0.2, 0.25) is 11.8 Å². The summed E-state index contributed by atoms with van der Waals surface area (Å²) in [4.78, 5) is 40.4. The molecule has 27 heavy (non-hydrogen) atoms. The van der Waals surface area contributed by atoms with E-state index in [9.17, 15) is 24.6 Å². The fourth-order valence-electron chi connectivity index (χ4n) is 3.16. The number of aromatic nitrogens is 1. The van der Waals surface area contributed by atoms with E-state index in [1.807, 2.05) is 0 Å². The number of aliphatic hydroxyl groups excluding tert-OH is 2. The van der Waals surface area contributed by atoms with Gasteiger partial charge in [-0.05, 0) is 25.0 Å². The van der Waals surface area contributed by atoms with Crippen molar-refractivity contribution in [3.63, 3.8) is 0 Å². The van der Waals surface area contributed by atoms with Crippen LogP contribution in [0.5, 0.6) is 0 Å². The molecule has 0 radical (unpaired) electrons. The molecule has 0 unspecified atom stereocenters. The summed E-state index contributed by atoms with van der Waals surface area (Å²) in [5.41, 5.74) is 0.505. The van der Waals surface area contributed by atoms with Gasteiger partial charge in [-0.2, -0.15) is 0 Å². The maximum absolute atomic E-state index is 12.5. The third-order valence-corrected chi connectivity index (χ3v) is 4.68. The number of piperidine rings is 1. The van der Waals surface area contributed by atoms with Crippen LogP contribution in [0.4, 0.5) is 0 Å². The van der Waals surface area contributed by atoms with Crippen molar-refractivity contribution < 1.29 is 24.6 Å². The van der Waals surface area contributed by atoms with Crippen molar-refractivity contribution in [3.05, 3.63) is 41.7 Å². The monoisotopic (exact) mass is 374 g/mol. The largest absolute Gasteiger partial charge is 0.390 e. The molecule has 1 aliphatic carbocycles. The van der Waals surface area contributed by atoms with Crippen molar-refractivity contribution in [2.24, 2.45) is 0 Å². The summed E-state index contributed by atoms with van der Waals surface area (Å²) >= 11 is 0. The van der Waals surface area contributed by atoms with E-state index in [0.717, 1.165) is 6.42 Å². The number of carbonyl (C=O) groups excluding carboxylic acids is 3. The summed E-state index contributed by atoms with van der Waals surface area (Å²) in [6.07, 6.45) is 3.09. The van der Waals surface area contributed by atoms with Gasteiger partial charge in [0, 0.05) is 30.9 Å². The Hall–Kier alpha value is -2.78. The van der Waals surface area contributed by atoms with Crippen molar-refractivity contribution in [2.75, 3.05) is 6.54 Å². The molecule has 1 aromatic rings. The second-order valence-electron chi connectivity index (χ2n) is 6.65. The average molecular weight is 374 g/mol. The molecule has 0 bridgehead atoms. The summed E-state index contributed by atoms with van der Waals surface area (Å²) in [5, 5.41) is 28.2. The topological polar surface area (TPSA) is 141 Å². The van der Waals surface area contributed by atoms with Crippen molar-refractivity contribution in [1.29, 1.82) is 0 Å². The molecule has 1 saturated heterocycles. The molecule has 4 atom stereocenters. The van der Waals surface area contributed by atoms with Crippen LogP contribution in [0.25, 0.3) is 0 Å². The molecule has 3 rings (SSSR count). The van der Waals surface area contributed by atoms with E-state index in [4.69, 9.17) is 0 Å². The molecule has 144 valence electrons. The second-order valence-corrected chi connectivity index (χ2v) is 6.65. The normalized spacial score (nSPS) is 27.9. The van der Waals surface area contributed by atoms with Crippen molar-refractivity contribution in [1.82, 2.24) is 20.9 Å². The van der Waals surface area contributed by atoms with Crippen molar-refractivity contribution in [3.8, 4) is 0 Å². The molecule has 1 aliphatic heterocycles. The van der Waals surface area contributed by atoms with Gasteiger partial charge in [0.1, 0.15) is 12.1 Å². The fraction of sp³-hybridized carbons (Fsp3) is 0.444. The number of amides is 3. The molecule has 0 saturated carbocycles. The van der Waals surface area contributed by atoms with Gasteiger partial charge in [-0.3, -0.25) is 19.4 Å². The standard InChI is InChI=1S/C18H22N4O5/c23-14-8-11(17(26)21-12-4-2-6-20-18(12)27)7-13(15(14)24)22-16(25)10-3-1-5-19-9-10/h1,3,5,7,9,12-15,23-24H,2,4,6,8H2,(H,20,27)(H,21,26)(H,22,25)/t12-,13+,14-,15-/m1/s1. The number of rotatable bonds is 4. The number of aliphatic hydroxyl groups is 2. The lowest BCUT2D eigenvalue weighted by atomic mass is 9.89. The van der Waals surface area contributed by atoms with Crippen molar-refractivity contribution >= 4 is 17.7 Å². The van der Waals surface area contributed by atoms with E-state index in [1.165, 1.54) is 18.5 Å². The first-order valence-electron chi connectivity index (χ1n) is 8.82. The van der Waals surface area contributed by atoms with Gasteiger partial charge in [0.05, 0.1) is 17.7 Å². The van der Waals surface area contributed by atoms with E-state index in [0.29, 0.717) is 18.5 Å². The zero-order chi connectivity index (χ0) is 19.4. The van der Waals surface area contributed by atoms with Crippen LogP contribution in [0.15, 0.2) is 36.2 Å². The van der Waals surface area contributed by atoms with E-state index in [-0.39, 0.29) is 17.9 Å². The number of pyridine rings is 1. The predicted molar refractivity (Wildman–Crippen MR) is 94.4 cm³/mol. The van der Waals surface area contributed by atoms with Crippen LogP contribution in [0.2, 0.25) is 0 Å². The van der Waals surface area contributed by atoms with Gasteiger partial charge in [0.15, 0.2) is 0 Å². The molecule has 3 amide bonds. The first-order valence-corrected chi connectivity index (χ1v) is 8.82. The number of nitrogens with zero attached hydrogens (tertiary/aromatic N) is 1. The minimum absolute atomic E-state index is 0.0688. The molecule has 5 N–H and O–H groups in total. The average Bonchev–Trinajstić information content (AvgIpc) is 2.67. The highest BCUT2D eigenvalue weighted by Gasteiger charge is 2.35. The van der Waals surface area contributed by atoms with E-state index in [1.54, 1.807) is 12.1 Å². The molecule has 2 heterocycles. The third-order valence-electron chi connectivity index (χ3n) is 4.68. The van der Waals surface area contributed by atoms with Gasteiger partial charge < -0.3 is 26.2 Å². The Morgan fingerprint density at radius 1 is 1.22 bits per heavy atom. The van der Waals surface area contributed by atoms with Gasteiger partial charge in [-0.25, -0.2) is 0 Å². The van der Waals surface area contributed by atoms with Gasteiger partial charge in [0.25, 0.3) is 5.91 Å². The smallest absolute Gasteiger partial charge is 0.253 e. The lowest BCUT2D eigenvalue weighted by Crippen LogP contribution is -2.53. The van der Waals surface area contributed by atoms with Gasteiger partial charge in [-0.15, -0.1) is 0 Å². The van der Waals surface area contributed by atoms with Crippen LogP contribution < -0.4 is 16.0 Å². The molecular weight excluding hydrogens is 352 g/mol. The molecule has 1 aromatic heterocycles. The van der Waals surface area contributed by atoms with Crippen LogP contribution in [0.1, 0.15) is 29.6 Å². The highest BCUT2D eigenvalue weighted by molar-refractivity contribution is 5.98. The summed E-state index contributed by atoms with van der Waals surface area (Å²) in [6, 6.07) is 1.60. The van der Waals surface area contributed by atoms with Crippen LogP contribution in [-0.2, 0) is 9.59 Å². The summed E-state index contributed by atoms with van der Waals surface area (Å²) in [6.45, 7) is 0.585. The molecule has 2 aliphatic rings. The van der Waals surface area contributed by atoms with Gasteiger partial charge >= 0.3 is 0 Å². The number of hydrogen-bond acceptors (Lipinski definition) is 6.